The van der Waals surface area contributed by atoms with Gasteiger partial charge in [0.25, 0.3) is 11.8 Å². The lowest BCUT2D eigenvalue weighted by Crippen LogP contribution is -2.39. The molecule has 5 aromatic rings. The molecule has 0 unspecified atom stereocenters. The molecule has 0 aliphatic rings. The first kappa shape index (κ1) is 34.4. The molecule has 0 atom stereocenters. The van der Waals surface area contributed by atoms with Gasteiger partial charge in [0.15, 0.2) is 23.0 Å². The van der Waals surface area contributed by atoms with Crippen LogP contribution in [0.15, 0.2) is 84.9 Å². The van der Waals surface area contributed by atoms with E-state index in [0.717, 1.165) is 33.2 Å². The SMILES string of the molecule is COc1ccc(Cc2nc(N(C(=O)c3ccc(OC)c(OC)c3)C(=O)c3ccc(OC)c(OC)c3)n(C)c2Cc2ccc(OC)cc2)cc1. The van der Waals surface area contributed by atoms with Gasteiger partial charge in [0, 0.05) is 36.7 Å². The van der Waals surface area contributed by atoms with Gasteiger partial charge in [-0.15, -0.1) is 0 Å². The predicted molar refractivity (Wildman–Crippen MR) is 185 cm³/mol. The summed E-state index contributed by atoms with van der Waals surface area (Å²) < 4.78 is 34.2. The van der Waals surface area contributed by atoms with Gasteiger partial charge in [-0.2, -0.15) is 0 Å². The fourth-order valence-electron chi connectivity index (χ4n) is 5.48. The van der Waals surface area contributed by atoms with Gasteiger partial charge in [0.05, 0.1) is 48.4 Å². The van der Waals surface area contributed by atoms with Crippen molar-refractivity contribution in [3.8, 4) is 34.5 Å². The molecule has 0 N–H and O–H groups in total. The molecule has 0 saturated carbocycles. The molecule has 254 valence electrons. The summed E-state index contributed by atoms with van der Waals surface area (Å²) in [6.07, 6.45) is 0.911. The van der Waals surface area contributed by atoms with Crippen LogP contribution in [0.2, 0.25) is 0 Å². The second kappa shape index (κ2) is 15.3. The third-order valence-corrected chi connectivity index (χ3v) is 8.20. The highest BCUT2D eigenvalue weighted by atomic mass is 16.5. The fourth-order valence-corrected chi connectivity index (χ4v) is 5.48. The molecule has 5 rings (SSSR count). The van der Waals surface area contributed by atoms with Crippen molar-refractivity contribution in [3.05, 3.63) is 119 Å². The minimum atomic E-state index is -0.610. The molecule has 0 bridgehead atoms. The number of amides is 2. The Labute approximate surface area is 285 Å². The number of rotatable bonds is 13. The van der Waals surface area contributed by atoms with Gasteiger partial charge in [0.2, 0.25) is 5.95 Å². The van der Waals surface area contributed by atoms with Crippen molar-refractivity contribution >= 4 is 17.8 Å². The lowest BCUT2D eigenvalue weighted by Gasteiger charge is -2.22. The number of anilines is 1. The molecule has 0 radical (unpaired) electrons. The van der Waals surface area contributed by atoms with Gasteiger partial charge < -0.3 is 33.0 Å². The van der Waals surface area contributed by atoms with Gasteiger partial charge in [0.1, 0.15) is 11.5 Å². The molecular formula is C38H39N3O8. The maximum absolute atomic E-state index is 14.5. The summed E-state index contributed by atoms with van der Waals surface area (Å²) in [6.45, 7) is 0. The molecular weight excluding hydrogens is 626 g/mol. The number of aromatic nitrogens is 2. The van der Waals surface area contributed by atoms with Crippen molar-refractivity contribution in [1.29, 1.82) is 0 Å². The second-order valence-corrected chi connectivity index (χ2v) is 11.0. The molecule has 11 nitrogen and oxygen atoms in total. The largest absolute Gasteiger partial charge is 0.497 e. The van der Waals surface area contributed by atoms with Gasteiger partial charge in [-0.05, 0) is 71.8 Å². The van der Waals surface area contributed by atoms with Crippen LogP contribution in [-0.2, 0) is 19.9 Å². The molecule has 0 saturated heterocycles. The number of carbonyl (C=O) groups is 2. The van der Waals surface area contributed by atoms with Crippen LogP contribution in [0.3, 0.4) is 0 Å². The van der Waals surface area contributed by atoms with E-state index in [-0.39, 0.29) is 17.1 Å². The van der Waals surface area contributed by atoms with E-state index in [2.05, 4.69) is 0 Å². The minimum absolute atomic E-state index is 0.145. The molecule has 0 spiro atoms. The normalized spacial score (nSPS) is 10.7. The number of carbonyl (C=O) groups excluding carboxylic acids is 2. The number of imidazole rings is 1. The van der Waals surface area contributed by atoms with Crippen LogP contribution in [-0.4, -0.2) is 64.0 Å². The Bertz CT molecular complexity index is 1870. The van der Waals surface area contributed by atoms with Gasteiger partial charge in [-0.3, -0.25) is 9.59 Å². The number of benzene rings is 4. The van der Waals surface area contributed by atoms with E-state index in [1.54, 1.807) is 50.1 Å². The molecule has 0 aliphatic carbocycles. The first-order valence-corrected chi connectivity index (χ1v) is 15.4. The van der Waals surface area contributed by atoms with E-state index in [1.165, 1.54) is 40.6 Å². The standard InChI is InChI=1S/C38H39N3O8/c1-40-31(21-25-10-16-29(45-3)17-11-25)30(20-24-8-14-28(44-2)15-9-24)39-38(40)41(36(42)26-12-18-32(46-4)34(22-26)48-6)37(43)27-13-19-33(47-5)35(23-27)49-7/h8-19,22-23H,20-21H2,1-7H3. The Hall–Kier alpha value is -5.97. The van der Waals surface area contributed by atoms with Crippen LogP contribution in [0.1, 0.15) is 43.2 Å². The van der Waals surface area contributed by atoms with E-state index in [0.29, 0.717) is 41.5 Å². The molecule has 1 aromatic heterocycles. The number of methoxy groups -OCH3 is 6. The van der Waals surface area contributed by atoms with Crippen molar-refractivity contribution in [1.82, 2.24) is 9.55 Å². The van der Waals surface area contributed by atoms with Crippen molar-refractivity contribution < 1.29 is 38.0 Å². The summed E-state index contributed by atoms with van der Waals surface area (Å²) in [7, 11) is 11.0. The summed E-state index contributed by atoms with van der Waals surface area (Å²) in [5, 5.41) is 0. The van der Waals surface area contributed by atoms with E-state index >= 15 is 0 Å². The summed E-state index contributed by atoms with van der Waals surface area (Å²) in [6, 6.07) is 24.9. The molecule has 1 heterocycles. The maximum atomic E-state index is 14.5. The number of hydrogen-bond donors (Lipinski definition) is 0. The Morgan fingerprint density at radius 2 is 1.00 bits per heavy atom. The first-order valence-electron chi connectivity index (χ1n) is 15.4. The Morgan fingerprint density at radius 1 is 0.571 bits per heavy atom. The minimum Gasteiger partial charge on any atom is -0.497 e. The summed E-state index contributed by atoms with van der Waals surface area (Å²) in [5.41, 5.74) is 3.89. The number of hydrogen-bond acceptors (Lipinski definition) is 9. The maximum Gasteiger partial charge on any atom is 0.267 e. The Morgan fingerprint density at radius 3 is 1.41 bits per heavy atom. The van der Waals surface area contributed by atoms with Crippen LogP contribution < -0.4 is 33.3 Å². The van der Waals surface area contributed by atoms with Crippen LogP contribution in [0.25, 0.3) is 0 Å². The highest BCUT2D eigenvalue weighted by Crippen LogP contribution is 2.33. The number of ether oxygens (including phenoxy) is 6. The zero-order chi connectivity index (χ0) is 35.1. The zero-order valence-corrected chi connectivity index (χ0v) is 28.6. The van der Waals surface area contributed by atoms with E-state index in [9.17, 15) is 9.59 Å². The van der Waals surface area contributed by atoms with Crippen molar-refractivity contribution in [2.75, 3.05) is 47.6 Å². The highest BCUT2D eigenvalue weighted by molar-refractivity contribution is 6.25. The van der Waals surface area contributed by atoms with Crippen LogP contribution in [0, 0.1) is 0 Å². The Balaban J connectivity index is 1.68. The van der Waals surface area contributed by atoms with Crippen LogP contribution in [0.4, 0.5) is 5.95 Å². The van der Waals surface area contributed by atoms with Crippen molar-refractivity contribution in [2.24, 2.45) is 7.05 Å². The molecule has 0 aliphatic heterocycles. The average Bonchev–Trinajstić information content (AvgIpc) is 3.44. The van der Waals surface area contributed by atoms with Crippen LogP contribution >= 0.6 is 0 Å². The third kappa shape index (κ3) is 7.30. The smallest absolute Gasteiger partial charge is 0.267 e. The molecule has 2 amide bonds. The molecule has 11 heteroatoms. The molecule has 4 aromatic carbocycles. The van der Waals surface area contributed by atoms with Gasteiger partial charge in [-0.25, -0.2) is 9.88 Å². The lowest BCUT2D eigenvalue weighted by molar-refractivity contribution is 0.0893. The van der Waals surface area contributed by atoms with Gasteiger partial charge in [-0.1, -0.05) is 24.3 Å². The Kier molecular flexibility index (Phi) is 10.7. The van der Waals surface area contributed by atoms with E-state index in [1.807, 2.05) is 48.5 Å². The zero-order valence-electron chi connectivity index (χ0n) is 28.6. The van der Waals surface area contributed by atoms with Crippen LogP contribution in [0.5, 0.6) is 34.5 Å². The summed E-state index contributed by atoms with van der Waals surface area (Å²) in [5.74, 6) is 1.96. The number of imide groups is 1. The van der Waals surface area contributed by atoms with Crippen molar-refractivity contribution in [3.63, 3.8) is 0 Å². The fraction of sp³-hybridized carbons (Fsp3) is 0.237. The van der Waals surface area contributed by atoms with E-state index in [4.69, 9.17) is 33.4 Å². The molecule has 0 fully saturated rings. The van der Waals surface area contributed by atoms with Gasteiger partial charge >= 0.3 is 0 Å². The first-order chi connectivity index (χ1) is 23.7. The van der Waals surface area contributed by atoms with Crippen molar-refractivity contribution in [2.45, 2.75) is 12.8 Å². The quantitative estimate of drug-likeness (QED) is 0.137. The lowest BCUT2D eigenvalue weighted by atomic mass is 10.0. The summed E-state index contributed by atoms with van der Waals surface area (Å²) in [4.78, 5) is 35.1. The number of nitrogens with zero attached hydrogens (tertiary/aromatic N) is 3. The predicted octanol–water partition coefficient (Wildman–Crippen LogP) is 6.14. The second-order valence-electron chi connectivity index (χ2n) is 11.0. The van der Waals surface area contributed by atoms with E-state index < -0.39 is 11.8 Å². The highest BCUT2D eigenvalue weighted by Gasteiger charge is 2.32. The third-order valence-electron chi connectivity index (χ3n) is 8.20. The monoisotopic (exact) mass is 665 g/mol. The molecule has 49 heavy (non-hydrogen) atoms. The average molecular weight is 666 g/mol. The summed E-state index contributed by atoms with van der Waals surface area (Å²) >= 11 is 0. The topological polar surface area (TPSA) is 111 Å².